The summed E-state index contributed by atoms with van der Waals surface area (Å²) in [6.45, 7) is 1.86. The first kappa shape index (κ1) is 10.9. The van der Waals surface area contributed by atoms with Crippen molar-refractivity contribution in [3.63, 3.8) is 0 Å². The van der Waals surface area contributed by atoms with Crippen LogP contribution in [0.25, 0.3) is 10.2 Å². The smallest absolute Gasteiger partial charge is 0.184 e. The summed E-state index contributed by atoms with van der Waals surface area (Å²) < 4.78 is 27.0. The number of halogens is 2. The van der Waals surface area contributed by atoms with Gasteiger partial charge in [-0.05, 0) is 19.0 Å². The third kappa shape index (κ3) is 2.10. The van der Waals surface area contributed by atoms with Gasteiger partial charge in [0.15, 0.2) is 10.9 Å². The maximum absolute atomic E-state index is 13.4. The number of hydrogen-bond donors (Lipinski definition) is 2. The first-order chi connectivity index (χ1) is 8.22. The van der Waals surface area contributed by atoms with Crippen molar-refractivity contribution >= 4 is 26.7 Å². The second kappa shape index (κ2) is 4.19. The van der Waals surface area contributed by atoms with Gasteiger partial charge in [0.1, 0.15) is 11.3 Å². The molecule has 1 aliphatic rings. The van der Waals surface area contributed by atoms with Crippen LogP contribution in [-0.2, 0) is 0 Å². The van der Waals surface area contributed by atoms with E-state index >= 15 is 0 Å². The lowest BCUT2D eigenvalue weighted by Gasteiger charge is -2.08. The number of rotatable bonds is 2. The molecule has 0 amide bonds. The largest absolute Gasteiger partial charge is 0.357 e. The first-order valence-electron chi connectivity index (χ1n) is 5.45. The minimum absolute atomic E-state index is 0.241. The molecular weight excluding hydrogens is 244 g/mol. The van der Waals surface area contributed by atoms with Crippen molar-refractivity contribution in [2.75, 3.05) is 18.4 Å². The Bertz CT molecular complexity index is 549. The molecule has 1 atom stereocenters. The van der Waals surface area contributed by atoms with Gasteiger partial charge in [-0.3, -0.25) is 0 Å². The molecule has 2 N–H and O–H groups in total. The van der Waals surface area contributed by atoms with Crippen LogP contribution >= 0.6 is 11.3 Å². The van der Waals surface area contributed by atoms with Gasteiger partial charge < -0.3 is 10.6 Å². The van der Waals surface area contributed by atoms with Gasteiger partial charge in [0, 0.05) is 18.7 Å². The molecule has 0 aliphatic carbocycles. The van der Waals surface area contributed by atoms with E-state index in [1.54, 1.807) is 0 Å². The standard InChI is InChI=1S/C11H11F2N3S/c12-6-3-8(13)10-9(4-6)17-11(16-10)15-7-1-2-14-5-7/h3-4,7,14H,1-2,5H2,(H,15,16)/t7-/m1/s1. The van der Waals surface area contributed by atoms with E-state index in [4.69, 9.17) is 0 Å². The van der Waals surface area contributed by atoms with Gasteiger partial charge in [0.25, 0.3) is 0 Å². The van der Waals surface area contributed by atoms with Crippen LogP contribution < -0.4 is 10.6 Å². The van der Waals surface area contributed by atoms with Crippen LogP contribution in [0.3, 0.4) is 0 Å². The quantitative estimate of drug-likeness (QED) is 0.865. The van der Waals surface area contributed by atoms with Gasteiger partial charge in [0.2, 0.25) is 0 Å². The van der Waals surface area contributed by atoms with Gasteiger partial charge in [-0.2, -0.15) is 0 Å². The highest BCUT2D eigenvalue weighted by molar-refractivity contribution is 7.22. The van der Waals surface area contributed by atoms with Crippen molar-refractivity contribution in [1.29, 1.82) is 0 Å². The Morgan fingerprint density at radius 3 is 3.06 bits per heavy atom. The van der Waals surface area contributed by atoms with Crippen molar-refractivity contribution in [1.82, 2.24) is 10.3 Å². The second-order valence-electron chi connectivity index (χ2n) is 4.09. The van der Waals surface area contributed by atoms with Crippen LogP contribution in [0.4, 0.5) is 13.9 Å². The predicted molar refractivity (Wildman–Crippen MR) is 64.4 cm³/mol. The molecule has 0 saturated carbocycles. The first-order valence-corrected chi connectivity index (χ1v) is 6.27. The average molecular weight is 255 g/mol. The molecule has 1 saturated heterocycles. The predicted octanol–water partition coefficient (Wildman–Crippen LogP) is 2.35. The Kier molecular flexibility index (Phi) is 2.68. The minimum Gasteiger partial charge on any atom is -0.357 e. The van der Waals surface area contributed by atoms with Crippen molar-refractivity contribution in [3.05, 3.63) is 23.8 Å². The number of anilines is 1. The number of aromatic nitrogens is 1. The van der Waals surface area contributed by atoms with Gasteiger partial charge in [0.05, 0.1) is 4.70 Å². The Hall–Kier alpha value is -1.27. The van der Waals surface area contributed by atoms with Crippen LogP contribution in [0.1, 0.15) is 6.42 Å². The summed E-state index contributed by atoms with van der Waals surface area (Å²) in [4.78, 5) is 4.15. The third-order valence-electron chi connectivity index (χ3n) is 2.80. The lowest BCUT2D eigenvalue weighted by molar-refractivity contribution is 0.591. The normalized spacial score (nSPS) is 20.0. The van der Waals surface area contributed by atoms with E-state index < -0.39 is 11.6 Å². The molecule has 2 heterocycles. The van der Waals surface area contributed by atoms with Crippen LogP contribution in [0.5, 0.6) is 0 Å². The molecule has 0 unspecified atom stereocenters. The summed E-state index contributed by atoms with van der Waals surface area (Å²) >= 11 is 1.28. The molecule has 3 rings (SSSR count). The van der Waals surface area contributed by atoms with E-state index in [0.29, 0.717) is 15.9 Å². The van der Waals surface area contributed by atoms with Crippen LogP contribution in [0.15, 0.2) is 12.1 Å². The Morgan fingerprint density at radius 2 is 2.29 bits per heavy atom. The van der Waals surface area contributed by atoms with Gasteiger partial charge in [-0.1, -0.05) is 11.3 Å². The summed E-state index contributed by atoms with van der Waals surface area (Å²) in [5, 5.41) is 7.11. The van der Waals surface area contributed by atoms with E-state index in [-0.39, 0.29) is 5.52 Å². The van der Waals surface area contributed by atoms with Crippen LogP contribution in [-0.4, -0.2) is 24.1 Å². The Morgan fingerprint density at radius 1 is 1.41 bits per heavy atom. The molecule has 17 heavy (non-hydrogen) atoms. The number of hydrogen-bond acceptors (Lipinski definition) is 4. The zero-order valence-electron chi connectivity index (χ0n) is 8.96. The van der Waals surface area contributed by atoms with Crippen molar-refractivity contribution in [3.8, 4) is 0 Å². The number of thiazole rings is 1. The second-order valence-corrected chi connectivity index (χ2v) is 5.12. The number of benzene rings is 1. The van der Waals surface area contributed by atoms with Gasteiger partial charge >= 0.3 is 0 Å². The van der Waals surface area contributed by atoms with Crippen LogP contribution in [0, 0.1) is 11.6 Å². The molecule has 6 heteroatoms. The molecule has 0 radical (unpaired) electrons. The van der Waals surface area contributed by atoms with Crippen molar-refractivity contribution in [2.45, 2.75) is 12.5 Å². The zero-order chi connectivity index (χ0) is 11.8. The summed E-state index contributed by atoms with van der Waals surface area (Å²) in [7, 11) is 0. The summed E-state index contributed by atoms with van der Waals surface area (Å²) in [6.07, 6.45) is 1.02. The summed E-state index contributed by atoms with van der Waals surface area (Å²) in [5.41, 5.74) is 0.241. The molecule has 2 aromatic rings. The Labute approximate surface area is 101 Å². The molecule has 0 spiro atoms. The van der Waals surface area contributed by atoms with E-state index in [1.807, 2.05) is 0 Å². The minimum atomic E-state index is -0.603. The average Bonchev–Trinajstić information content (AvgIpc) is 2.87. The molecule has 1 aliphatic heterocycles. The number of nitrogens with zero attached hydrogens (tertiary/aromatic N) is 1. The lowest BCUT2D eigenvalue weighted by atomic mass is 10.3. The summed E-state index contributed by atoms with van der Waals surface area (Å²) in [6, 6.07) is 2.50. The SMILES string of the molecule is Fc1cc(F)c2nc(N[C@@H]3CCNC3)sc2c1. The van der Waals surface area contributed by atoms with Crippen LogP contribution in [0.2, 0.25) is 0 Å². The van der Waals surface area contributed by atoms with Gasteiger partial charge in [-0.15, -0.1) is 0 Å². The fourth-order valence-corrected chi connectivity index (χ4v) is 2.95. The highest BCUT2D eigenvalue weighted by Gasteiger charge is 2.17. The van der Waals surface area contributed by atoms with E-state index in [2.05, 4.69) is 15.6 Å². The van der Waals surface area contributed by atoms with E-state index in [1.165, 1.54) is 17.4 Å². The molecule has 0 bridgehead atoms. The molecule has 3 nitrogen and oxygen atoms in total. The maximum atomic E-state index is 13.4. The Balaban J connectivity index is 1.93. The van der Waals surface area contributed by atoms with Crippen molar-refractivity contribution < 1.29 is 8.78 Å². The molecular formula is C11H11F2N3S. The summed E-state index contributed by atoms with van der Waals surface area (Å²) in [5.74, 6) is -1.17. The third-order valence-corrected chi connectivity index (χ3v) is 3.73. The highest BCUT2D eigenvalue weighted by atomic mass is 32.1. The lowest BCUT2D eigenvalue weighted by Crippen LogP contribution is -2.21. The molecule has 1 aromatic heterocycles. The van der Waals surface area contributed by atoms with Gasteiger partial charge in [-0.25, -0.2) is 13.8 Å². The molecule has 1 fully saturated rings. The zero-order valence-corrected chi connectivity index (χ0v) is 9.78. The monoisotopic (exact) mass is 255 g/mol. The van der Waals surface area contributed by atoms with E-state index in [0.717, 1.165) is 25.6 Å². The molecule has 1 aromatic carbocycles. The number of fused-ring (bicyclic) bond motifs is 1. The molecule has 90 valence electrons. The van der Waals surface area contributed by atoms with E-state index in [9.17, 15) is 8.78 Å². The highest BCUT2D eigenvalue weighted by Crippen LogP contribution is 2.29. The van der Waals surface area contributed by atoms with Crippen molar-refractivity contribution in [2.24, 2.45) is 0 Å². The fourth-order valence-electron chi connectivity index (χ4n) is 1.97. The topological polar surface area (TPSA) is 37.0 Å². The maximum Gasteiger partial charge on any atom is 0.184 e. The number of nitrogens with one attached hydrogen (secondary N) is 2. The fraction of sp³-hybridized carbons (Fsp3) is 0.364.